The van der Waals surface area contributed by atoms with Gasteiger partial charge in [0.25, 0.3) is 0 Å². The molecule has 0 aliphatic carbocycles. The van der Waals surface area contributed by atoms with Crippen molar-refractivity contribution in [2.75, 3.05) is 7.11 Å². The third kappa shape index (κ3) is 2.42. The molecule has 0 spiro atoms. The lowest BCUT2D eigenvalue weighted by atomic mass is 10.2. The van der Waals surface area contributed by atoms with Crippen molar-refractivity contribution < 1.29 is 4.74 Å². The van der Waals surface area contributed by atoms with Crippen molar-refractivity contribution >= 4 is 12.2 Å². The Balaban J connectivity index is 2.42. The summed E-state index contributed by atoms with van der Waals surface area (Å²) in [5.41, 5.74) is 2.18. The van der Waals surface area contributed by atoms with E-state index in [0.717, 1.165) is 21.9 Å². The molecule has 1 aromatic carbocycles. The second kappa shape index (κ2) is 4.75. The maximum absolute atomic E-state index is 5.31. The number of hydrogen-bond donors (Lipinski definition) is 1. The molecule has 2 rings (SSSR count). The van der Waals surface area contributed by atoms with Gasteiger partial charge < -0.3 is 9.72 Å². The predicted octanol–water partition coefficient (Wildman–Crippen LogP) is 3.67. The van der Waals surface area contributed by atoms with Crippen LogP contribution in [0, 0.1) is 4.77 Å². The summed E-state index contributed by atoms with van der Waals surface area (Å²) in [6.07, 6.45) is 2.05. The van der Waals surface area contributed by atoms with Crippen LogP contribution in [0.5, 0.6) is 5.75 Å². The zero-order valence-corrected chi connectivity index (χ0v) is 11.0. The van der Waals surface area contributed by atoms with Crippen molar-refractivity contribution in [1.29, 1.82) is 0 Å². The molecule has 1 N–H and O–H groups in total. The molecule has 0 aliphatic heterocycles. The Hall–Kier alpha value is -1.55. The molecule has 3 nitrogen and oxygen atoms in total. The molecular formula is C13H16N2OS. The summed E-state index contributed by atoms with van der Waals surface area (Å²) in [5.74, 6) is 1.29. The number of rotatable bonds is 3. The zero-order chi connectivity index (χ0) is 12.4. The molecule has 0 fully saturated rings. The van der Waals surface area contributed by atoms with Crippen LogP contribution in [0.2, 0.25) is 0 Å². The van der Waals surface area contributed by atoms with Gasteiger partial charge in [-0.05, 0) is 42.4 Å². The Kier molecular flexibility index (Phi) is 3.33. The van der Waals surface area contributed by atoms with E-state index in [-0.39, 0.29) is 0 Å². The van der Waals surface area contributed by atoms with Crippen LogP contribution in [0.25, 0.3) is 5.69 Å². The summed E-state index contributed by atoms with van der Waals surface area (Å²) in [7, 11) is 1.66. The highest BCUT2D eigenvalue weighted by Gasteiger charge is 2.05. The predicted molar refractivity (Wildman–Crippen MR) is 71.6 cm³/mol. The van der Waals surface area contributed by atoms with Gasteiger partial charge in [0.05, 0.1) is 7.11 Å². The second-order valence-corrected chi connectivity index (χ2v) is 4.62. The van der Waals surface area contributed by atoms with Crippen LogP contribution in [0.15, 0.2) is 30.5 Å². The smallest absolute Gasteiger partial charge is 0.182 e. The normalized spacial score (nSPS) is 10.8. The first kappa shape index (κ1) is 11.9. The number of H-pyrrole nitrogens is 1. The Labute approximate surface area is 106 Å². The maximum atomic E-state index is 5.31. The van der Waals surface area contributed by atoms with Gasteiger partial charge in [0.15, 0.2) is 4.77 Å². The number of aromatic nitrogens is 2. The topological polar surface area (TPSA) is 29.9 Å². The lowest BCUT2D eigenvalue weighted by Gasteiger charge is -2.04. The lowest BCUT2D eigenvalue weighted by Crippen LogP contribution is -1.92. The molecule has 0 saturated heterocycles. The van der Waals surface area contributed by atoms with E-state index in [9.17, 15) is 0 Å². The third-order valence-corrected chi connectivity index (χ3v) is 3.01. The molecule has 4 heteroatoms. The molecule has 0 aliphatic rings. The highest BCUT2D eigenvalue weighted by Crippen LogP contribution is 2.18. The lowest BCUT2D eigenvalue weighted by molar-refractivity contribution is 0.414. The van der Waals surface area contributed by atoms with Crippen LogP contribution >= 0.6 is 12.2 Å². The zero-order valence-electron chi connectivity index (χ0n) is 10.2. The summed E-state index contributed by atoms with van der Waals surface area (Å²) < 4.78 is 7.83. The van der Waals surface area contributed by atoms with E-state index in [2.05, 4.69) is 25.0 Å². The Bertz CT molecular complexity index is 552. The number of hydrogen-bond acceptors (Lipinski definition) is 2. The fourth-order valence-electron chi connectivity index (χ4n) is 1.64. The summed E-state index contributed by atoms with van der Waals surface area (Å²) >= 11 is 5.31. The van der Waals surface area contributed by atoms with Crippen molar-refractivity contribution in [3.8, 4) is 11.4 Å². The molecule has 1 heterocycles. The molecule has 0 bridgehead atoms. The number of benzene rings is 1. The first-order chi connectivity index (χ1) is 8.11. The van der Waals surface area contributed by atoms with Crippen LogP contribution in [-0.2, 0) is 0 Å². The summed E-state index contributed by atoms with van der Waals surface area (Å²) in [5, 5.41) is 0. The Morgan fingerprint density at radius 2 is 1.88 bits per heavy atom. The van der Waals surface area contributed by atoms with Gasteiger partial charge in [-0.1, -0.05) is 13.8 Å². The average Bonchev–Trinajstić information content (AvgIpc) is 2.72. The van der Waals surface area contributed by atoms with Crippen LogP contribution in [0.4, 0.5) is 0 Å². The Morgan fingerprint density at radius 3 is 2.35 bits per heavy atom. The van der Waals surface area contributed by atoms with E-state index < -0.39 is 0 Å². The first-order valence-electron chi connectivity index (χ1n) is 5.58. The number of imidazole rings is 1. The van der Waals surface area contributed by atoms with E-state index in [0.29, 0.717) is 5.92 Å². The van der Waals surface area contributed by atoms with Gasteiger partial charge in [-0.3, -0.25) is 4.57 Å². The molecular weight excluding hydrogens is 232 g/mol. The maximum Gasteiger partial charge on any atom is 0.182 e. The van der Waals surface area contributed by atoms with Crippen LogP contribution in [0.3, 0.4) is 0 Å². The van der Waals surface area contributed by atoms with Gasteiger partial charge in [0.1, 0.15) is 5.75 Å². The van der Waals surface area contributed by atoms with Crippen LogP contribution in [0.1, 0.15) is 25.5 Å². The van der Waals surface area contributed by atoms with Gasteiger partial charge in [0, 0.05) is 17.6 Å². The van der Waals surface area contributed by atoms with Crippen molar-refractivity contribution in [3.63, 3.8) is 0 Å². The standard InChI is InChI=1S/C13H16N2OS/c1-9(2)12-8-15(13(17)14-12)10-4-6-11(16-3)7-5-10/h4-9H,1-3H3,(H,14,17). The highest BCUT2D eigenvalue weighted by atomic mass is 32.1. The molecule has 90 valence electrons. The number of nitrogens with one attached hydrogen (secondary N) is 1. The summed E-state index contributed by atoms with van der Waals surface area (Å²) in [6, 6.07) is 7.84. The SMILES string of the molecule is COc1ccc(-n2cc(C(C)C)[nH]c2=S)cc1. The fraction of sp³-hybridized carbons (Fsp3) is 0.308. The molecule has 0 unspecified atom stereocenters. The third-order valence-electron chi connectivity index (χ3n) is 2.71. The van der Waals surface area contributed by atoms with Gasteiger partial charge in [-0.2, -0.15) is 0 Å². The molecule has 1 aromatic heterocycles. The van der Waals surface area contributed by atoms with E-state index in [1.807, 2.05) is 28.8 Å². The van der Waals surface area contributed by atoms with Crippen molar-refractivity contribution in [3.05, 3.63) is 40.9 Å². The van der Waals surface area contributed by atoms with Crippen LogP contribution < -0.4 is 4.74 Å². The first-order valence-corrected chi connectivity index (χ1v) is 5.98. The fourth-order valence-corrected chi connectivity index (χ4v) is 1.92. The van der Waals surface area contributed by atoms with Gasteiger partial charge in [-0.25, -0.2) is 0 Å². The average molecular weight is 248 g/mol. The molecule has 0 radical (unpaired) electrons. The molecule has 2 aromatic rings. The summed E-state index contributed by atoms with van der Waals surface area (Å²) in [6.45, 7) is 4.28. The minimum absolute atomic E-state index is 0.441. The molecule has 0 atom stereocenters. The number of aromatic amines is 1. The van der Waals surface area contributed by atoms with Gasteiger partial charge >= 0.3 is 0 Å². The van der Waals surface area contributed by atoms with Crippen molar-refractivity contribution in [1.82, 2.24) is 9.55 Å². The van der Waals surface area contributed by atoms with Crippen molar-refractivity contribution in [2.45, 2.75) is 19.8 Å². The second-order valence-electron chi connectivity index (χ2n) is 4.24. The van der Waals surface area contributed by atoms with E-state index >= 15 is 0 Å². The van der Waals surface area contributed by atoms with E-state index in [1.165, 1.54) is 0 Å². The van der Waals surface area contributed by atoms with Crippen molar-refractivity contribution in [2.24, 2.45) is 0 Å². The minimum Gasteiger partial charge on any atom is -0.497 e. The van der Waals surface area contributed by atoms with E-state index in [1.54, 1.807) is 7.11 Å². The molecule has 0 amide bonds. The highest BCUT2D eigenvalue weighted by molar-refractivity contribution is 7.71. The number of nitrogens with zero attached hydrogens (tertiary/aromatic N) is 1. The minimum atomic E-state index is 0.441. The molecule has 0 saturated carbocycles. The summed E-state index contributed by atoms with van der Waals surface area (Å²) in [4.78, 5) is 3.22. The van der Waals surface area contributed by atoms with E-state index in [4.69, 9.17) is 17.0 Å². The van der Waals surface area contributed by atoms with Crippen LogP contribution in [-0.4, -0.2) is 16.7 Å². The number of methoxy groups -OCH3 is 1. The van der Waals surface area contributed by atoms with Gasteiger partial charge in [0.2, 0.25) is 0 Å². The Morgan fingerprint density at radius 1 is 1.24 bits per heavy atom. The monoisotopic (exact) mass is 248 g/mol. The quantitative estimate of drug-likeness (QED) is 0.840. The number of ether oxygens (including phenoxy) is 1. The largest absolute Gasteiger partial charge is 0.497 e. The van der Waals surface area contributed by atoms with Gasteiger partial charge in [-0.15, -0.1) is 0 Å². The molecule has 17 heavy (non-hydrogen) atoms.